The van der Waals surface area contributed by atoms with Gasteiger partial charge in [-0.25, -0.2) is 0 Å². The molecule has 96 valence electrons. The van der Waals surface area contributed by atoms with Crippen molar-refractivity contribution in [2.24, 2.45) is 0 Å². The zero-order valence-electron chi connectivity index (χ0n) is 8.70. The zero-order valence-corrected chi connectivity index (χ0v) is 13.9. The van der Waals surface area contributed by atoms with Crippen LogP contribution in [0.5, 0.6) is 0 Å². The summed E-state index contributed by atoms with van der Waals surface area (Å²) >= 11 is 13.0. The van der Waals surface area contributed by atoms with Crippen LogP contribution in [0.3, 0.4) is 0 Å². The van der Waals surface area contributed by atoms with Crippen molar-refractivity contribution in [3.05, 3.63) is 60.7 Å². The maximum Gasteiger partial charge on any atom is 0 e. The number of hydrogen-bond acceptors (Lipinski definition) is 0. The van der Waals surface area contributed by atoms with Gasteiger partial charge in [-0.15, -0.1) is 0 Å². The molecule has 0 aliphatic heterocycles. The maximum atomic E-state index is 6.49. The number of rotatable bonds is 2. The van der Waals surface area contributed by atoms with Crippen LogP contribution < -0.4 is 10.6 Å². The van der Waals surface area contributed by atoms with E-state index in [0.717, 1.165) is 10.6 Å². The topological polar surface area (TPSA) is 0 Å². The van der Waals surface area contributed by atoms with Crippen LogP contribution >= 0.6 is 28.4 Å². The van der Waals surface area contributed by atoms with Crippen molar-refractivity contribution in [1.82, 2.24) is 0 Å². The summed E-state index contributed by atoms with van der Waals surface area (Å²) in [5.41, 5.74) is 0. The molecule has 0 heterocycles. The van der Waals surface area contributed by atoms with Crippen LogP contribution in [0.1, 0.15) is 0 Å². The summed E-state index contributed by atoms with van der Waals surface area (Å²) < 4.78 is 0. The summed E-state index contributed by atoms with van der Waals surface area (Å²) in [4.78, 5) is 0. The smallest absolute Gasteiger partial charge is 0 e. The summed E-state index contributed by atoms with van der Waals surface area (Å²) in [5, 5.41) is 2.05. The maximum absolute atomic E-state index is 6.49. The summed E-state index contributed by atoms with van der Waals surface area (Å²) in [5.74, 6) is -2.51. The minimum absolute atomic E-state index is 0. The molecule has 0 N–H and O–H groups in total. The molecule has 5 heteroatoms. The van der Waals surface area contributed by atoms with Crippen LogP contribution in [0.25, 0.3) is 0 Å². The van der Waals surface area contributed by atoms with Gasteiger partial charge in [0.25, 0.3) is 0 Å². The molecule has 2 aromatic rings. The first-order chi connectivity index (χ1) is 7.21. The Labute approximate surface area is 136 Å². The van der Waals surface area contributed by atoms with Crippen LogP contribution in [0.2, 0.25) is 0 Å². The second kappa shape index (κ2) is 7.93. The second-order valence-corrected chi connectivity index (χ2v) is 9.59. The molecular weight excluding hydrogens is 408 g/mol. The molecule has 0 unspecified atom stereocenters. The van der Waals surface area contributed by atoms with Crippen molar-refractivity contribution in [2.75, 3.05) is 0 Å². The normalized spacial score (nSPS) is 10.9. The van der Waals surface area contributed by atoms with Gasteiger partial charge in [0.1, 0.15) is 0 Å². The Morgan fingerprint density at radius 3 is 1.24 bits per heavy atom. The van der Waals surface area contributed by atoms with Gasteiger partial charge in [0.2, 0.25) is 0 Å². The Kier molecular flexibility index (Phi) is 8.23. The molecule has 2 rings (SSSR count). The molecule has 0 fully saturated rings. The van der Waals surface area contributed by atoms with E-state index in [-0.39, 0.29) is 37.5 Å². The number of halogens is 2. The number of hydrogen-bond donors (Lipinski definition) is 0. The van der Waals surface area contributed by atoms with E-state index in [2.05, 4.69) is 0 Å². The fourth-order valence-electron chi connectivity index (χ4n) is 1.46. The predicted molar refractivity (Wildman–Crippen MR) is 72.2 cm³/mol. The molecular formula is C12H11Cl2FePPd. The van der Waals surface area contributed by atoms with Crippen LogP contribution in [0.4, 0.5) is 0 Å². The van der Waals surface area contributed by atoms with Crippen molar-refractivity contribution in [3.8, 4) is 0 Å². The average molecular weight is 419 g/mol. The standard InChI is InChI=1S/C12H11Cl2P.Fe.Pd/c13-15(14,11-7-3-1-4-8-11)12-9-5-2-6-10-12;;/h1-10,15H;;. The van der Waals surface area contributed by atoms with Crippen LogP contribution in [0.15, 0.2) is 60.7 Å². The Bertz CT molecular complexity index is 395. The van der Waals surface area contributed by atoms with Crippen LogP contribution in [-0.4, -0.2) is 0 Å². The Morgan fingerprint density at radius 1 is 0.647 bits per heavy atom. The molecule has 0 aromatic heterocycles. The summed E-state index contributed by atoms with van der Waals surface area (Å²) in [7, 11) is 0. The van der Waals surface area contributed by atoms with E-state index in [1.54, 1.807) is 0 Å². The molecule has 0 amide bonds. The Balaban J connectivity index is 0.00000128. The number of benzene rings is 2. The summed E-state index contributed by atoms with van der Waals surface area (Å²) in [6.45, 7) is 0. The third kappa shape index (κ3) is 4.34. The molecule has 0 radical (unpaired) electrons. The van der Waals surface area contributed by atoms with Crippen LogP contribution in [0, 0.1) is 0 Å². The molecule has 0 spiro atoms. The van der Waals surface area contributed by atoms with Crippen molar-refractivity contribution in [2.45, 2.75) is 0 Å². The molecule has 0 bridgehead atoms. The van der Waals surface area contributed by atoms with E-state index in [4.69, 9.17) is 22.5 Å². The van der Waals surface area contributed by atoms with E-state index in [0.29, 0.717) is 0 Å². The van der Waals surface area contributed by atoms with E-state index in [1.165, 1.54) is 0 Å². The largest absolute Gasteiger partial charge is 0 e. The molecule has 0 saturated carbocycles. The molecule has 2 aromatic carbocycles. The SMILES string of the molecule is Cl[PH](Cl)(c1ccccc1)c1ccccc1.[Fe].[Pd]. The van der Waals surface area contributed by atoms with Crippen LogP contribution in [-0.2, 0) is 37.5 Å². The van der Waals surface area contributed by atoms with Gasteiger partial charge in [0.15, 0.2) is 0 Å². The van der Waals surface area contributed by atoms with Crippen molar-refractivity contribution < 1.29 is 37.5 Å². The molecule has 0 atom stereocenters. The Hall–Kier alpha value is 0.632. The first kappa shape index (κ1) is 17.6. The molecule has 0 aliphatic rings. The molecule has 0 nitrogen and oxygen atoms in total. The van der Waals surface area contributed by atoms with Gasteiger partial charge in [-0.3, -0.25) is 0 Å². The van der Waals surface area contributed by atoms with Gasteiger partial charge in [0.05, 0.1) is 0 Å². The fourth-order valence-corrected chi connectivity index (χ4v) is 4.53. The quantitative estimate of drug-likeness (QED) is 0.515. The molecule has 0 saturated heterocycles. The van der Waals surface area contributed by atoms with Crippen molar-refractivity contribution in [3.63, 3.8) is 0 Å². The zero-order chi connectivity index (χ0) is 10.7. The fraction of sp³-hybridized carbons (Fsp3) is 0. The monoisotopic (exact) mass is 418 g/mol. The first-order valence-corrected chi connectivity index (χ1v) is 8.72. The minimum atomic E-state index is -2.51. The molecule has 0 aliphatic carbocycles. The van der Waals surface area contributed by atoms with Gasteiger partial charge >= 0.3 is 99.7 Å². The average Bonchev–Trinajstić information content (AvgIpc) is 2.31. The summed E-state index contributed by atoms with van der Waals surface area (Å²) in [6.07, 6.45) is 0. The Morgan fingerprint density at radius 2 is 0.941 bits per heavy atom. The van der Waals surface area contributed by atoms with Crippen molar-refractivity contribution >= 4 is 39.1 Å². The molecule has 17 heavy (non-hydrogen) atoms. The minimum Gasteiger partial charge on any atom is 0 e. The third-order valence-corrected chi connectivity index (χ3v) is 7.01. The van der Waals surface area contributed by atoms with Gasteiger partial charge < -0.3 is 0 Å². The van der Waals surface area contributed by atoms with Crippen molar-refractivity contribution in [1.29, 1.82) is 0 Å². The first-order valence-electron chi connectivity index (χ1n) is 4.70. The predicted octanol–water partition coefficient (Wildman–Crippen LogP) is 3.69. The third-order valence-electron chi connectivity index (χ3n) is 2.27. The van der Waals surface area contributed by atoms with E-state index in [1.807, 2.05) is 60.7 Å². The van der Waals surface area contributed by atoms with Gasteiger partial charge in [-0.05, 0) is 0 Å². The van der Waals surface area contributed by atoms with E-state index >= 15 is 0 Å². The van der Waals surface area contributed by atoms with Gasteiger partial charge in [0, 0.05) is 37.5 Å². The van der Waals surface area contributed by atoms with E-state index < -0.39 is 5.97 Å². The van der Waals surface area contributed by atoms with Gasteiger partial charge in [-0.1, -0.05) is 0 Å². The van der Waals surface area contributed by atoms with E-state index in [9.17, 15) is 0 Å². The summed E-state index contributed by atoms with van der Waals surface area (Å²) in [6, 6.07) is 19.7. The second-order valence-electron chi connectivity index (χ2n) is 3.31. The van der Waals surface area contributed by atoms with Gasteiger partial charge in [-0.2, -0.15) is 0 Å².